The summed E-state index contributed by atoms with van der Waals surface area (Å²) in [7, 11) is 0. The Morgan fingerprint density at radius 2 is 0.700 bits per heavy atom. The fourth-order valence-corrected chi connectivity index (χ4v) is 4.03. The van der Waals surface area contributed by atoms with E-state index in [0.29, 0.717) is 12.8 Å². The van der Waals surface area contributed by atoms with Crippen molar-refractivity contribution < 1.29 is 39.6 Å². The van der Waals surface area contributed by atoms with Crippen LogP contribution >= 0.6 is 0 Å². The standard InChI is InChI=1S/2C12H24O2.C8H6O4/c2*1-2-3-4-5-6-7-8-9-10-11-12(13)14;9-7(10)5-3-1-2-4-6(5)8(11)12/h2*2-11H2,1H3,(H,13,14);1-4H,(H,9,10)(H,11,12). The van der Waals surface area contributed by atoms with E-state index < -0.39 is 23.9 Å². The van der Waals surface area contributed by atoms with Gasteiger partial charge < -0.3 is 20.4 Å². The molecule has 1 aromatic carbocycles. The molecule has 0 aliphatic heterocycles. The molecule has 0 bridgehead atoms. The van der Waals surface area contributed by atoms with E-state index in [9.17, 15) is 19.2 Å². The van der Waals surface area contributed by atoms with Crippen LogP contribution in [0.3, 0.4) is 0 Å². The summed E-state index contributed by atoms with van der Waals surface area (Å²) in [5.41, 5.74) is -0.380. The SMILES string of the molecule is CCCCCCCCCCCC(=O)O.CCCCCCCCCCCC(=O)O.O=C(O)c1ccccc1C(=O)O. The van der Waals surface area contributed by atoms with Gasteiger partial charge in [-0.05, 0) is 25.0 Å². The molecule has 0 atom stereocenters. The maximum absolute atomic E-state index is 10.5. The van der Waals surface area contributed by atoms with Gasteiger partial charge in [0.15, 0.2) is 0 Å². The van der Waals surface area contributed by atoms with Crippen LogP contribution in [0.4, 0.5) is 0 Å². The molecule has 0 aliphatic carbocycles. The summed E-state index contributed by atoms with van der Waals surface area (Å²) in [6, 6.07) is 5.48. The van der Waals surface area contributed by atoms with Crippen molar-refractivity contribution in [3.05, 3.63) is 35.4 Å². The number of hydrogen-bond acceptors (Lipinski definition) is 4. The van der Waals surface area contributed by atoms with Crippen molar-refractivity contribution in [3.63, 3.8) is 0 Å². The van der Waals surface area contributed by atoms with E-state index in [1.807, 2.05) is 0 Å². The van der Waals surface area contributed by atoms with Crippen LogP contribution in [-0.4, -0.2) is 44.3 Å². The molecule has 0 saturated carbocycles. The molecular weight excluding hydrogens is 512 g/mol. The highest BCUT2D eigenvalue weighted by Crippen LogP contribution is 2.11. The lowest BCUT2D eigenvalue weighted by atomic mass is 10.1. The van der Waals surface area contributed by atoms with Crippen LogP contribution in [0.15, 0.2) is 24.3 Å². The van der Waals surface area contributed by atoms with Crippen LogP contribution in [0, 0.1) is 0 Å². The van der Waals surface area contributed by atoms with E-state index in [-0.39, 0.29) is 11.1 Å². The second-order valence-electron chi connectivity index (χ2n) is 10.1. The Morgan fingerprint density at radius 1 is 0.450 bits per heavy atom. The van der Waals surface area contributed by atoms with E-state index in [1.54, 1.807) is 0 Å². The Kier molecular flexibility index (Phi) is 28.5. The number of hydrogen-bond donors (Lipinski definition) is 4. The largest absolute Gasteiger partial charge is 0.481 e. The fraction of sp³-hybridized carbons (Fsp3) is 0.688. The Hall–Kier alpha value is -2.90. The van der Waals surface area contributed by atoms with E-state index in [2.05, 4.69) is 13.8 Å². The molecule has 1 aromatic rings. The van der Waals surface area contributed by atoms with Crippen molar-refractivity contribution in [3.8, 4) is 0 Å². The van der Waals surface area contributed by atoms with Crippen LogP contribution in [0.1, 0.15) is 163 Å². The predicted molar refractivity (Wildman–Crippen MR) is 159 cm³/mol. The fourth-order valence-electron chi connectivity index (χ4n) is 4.03. The van der Waals surface area contributed by atoms with E-state index in [1.165, 1.54) is 114 Å². The molecular formula is C32H54O8. The molecule has 40 heavy (non-hydrogen) atoms. The maximum Gasteiger partial charge on any atom is 0.336 e. The summed E-state index contributed by atoms with van der Waals surface area (Å²) >= 11 is 0. The number of unbranched alkanes of at least 4 members (excludes halogenated alkanes) is 16. The lowest BCUT2D eigenvalue weighted by Gasteiger charge is -2.00. The summed E-state index contributed by atoms with van der Waals surface area (Å²) < 4.78 is 0. The number of aromatic carboxylic acids is 2. The van der Waals surface area contributed by atoms with Crippen LogP contribution in [0.2, 0.25) is 0 Å². The Morgan fingerprint density at radius 3 is 0.925 bits per heavy atom. The summed E-state index contributed by atoms with van der Waals surface area (Å²) in [5.74, 6) is -3.78. The van der Waals surface area contributed by atoms with Gasteiger partial charge in [0.05, 0.1) is 11.1 Å². The molecule has 1 rings (SSSR count). The molecule has 0 aromatic heterocycles. The zero-order valence-electron chi connectivity index (χ0n) is 24.9. The van der Waals surface area contributed by atoms with Gasteiger partial charge in [-0.15, -0.1) is 0 Å². The number of benzene rings is 1. The molecule has 230 valence electrons. The highest BCUT2D eigenvalue weighted by atomic mass is 16.4. The summed E-state index contributed by atoms with van der Waals surface area (Å²) in [5, 5.41) is 33.9. The summed E-state index contributed by atoms with van der Waals surface area (Å²) in [6.07, 6.45) is 23.0. The van der Waals surface area contributed by atoms with E-state index >= 15 is 0 Å². The van der Waals surface area contributed by atoms with Gasteiger partial charge in [0, 0.05) is 12.8 Å². The minimum absolute atomic E-state index is 0.190. The topological polar surface area (TPSA) is 149 Å². The molecule has 8 heteroatoms. The zero-order chi connectivity index (χ0) is 30.4. The molecule has 0 saturated heterocycles. The van der Waals surface area contributed by atoms with Gasteiger partial charge in [-0.3, -0.25) is 9.59 Å². The first-order chi connectivity index (χ1) is 19.2. The van der Waals surface area contributed by atoms with Crippen molar-refractivity contribution in [2.45, 2.75) is 142 Å². The van der Waals surface area contributed by atoms with Gasteiger partial charge in [-0.1, -0.05) is 129 Å². The van der Waals surface area contributed by atoms with Crippen molar-refractivity contribution >= 4 is 23.9 Å². The minimum atomic E-state index is -1.23. The lowest BCUT2D eigenvalue weighted by Crippen LogP contribution is -2.06. The molecule has 0 spiro atoms. The van der Waals surface area contributed by atoms with Gasteiger partial charge in [0.25, 0.3) is 0 Å². The third-order valence-corrected chi connectivity index (χ3v) is 6.38. The van der Waals surface area contributed by atoms with Crippen molar-refractivity contribution in [1.82, 2.24) is 0 Å². The normalized spacial score (nSPS) is 10.1. The molecule has 0 aliphatic rings. The zero-order valence-corrected chi connectivity index (χ0v) is 24.9. The van der Waals surface area contributed by atoms with Gasteiger partial charge >= 0.3 is 23.9 Å². The monoisotopic (exact) mass is 566 g/mol. The molecule has 0 radical (unpaired) electrons. The number of rotatable bonds is 22. The lowest BCUT2D eigenvalue weighted by molar-refractivity contribution is -0.138. The van der Waals surface area contributed by atoms with Crippen LogP contribution < -0.4 is 0 Å². The Labute approximate surface area is 241 Å². The Balaban J connectivity index is 0. The Bertz CT molecular complexity index is 726. The average molecular weight is 567 g/mol. The highest BCUT2D eigenvalue weighted by Gasteiger charge is 2.13. The van der Waals surface area contributed by atoms with Crippen molar-refractivity contribution in [2.24, 2.45) is 0 Å². The second-order valence-corrected chi connectivity index (χ2v) is 10.1. The predicted octanol–water partition coefficient (Wildman–Crippen LogP) is 9.07. The summed E-state index contributed by atoms with van der Waals surface area (Å²) in [4.78, 5) is 41.3. The molecule has 0 unspecified atom stereocenters. The smallest absolute Gasteiger partial charge is 0.336 e. The molecule has 0 amide bonds. The second kappa shape index (κ2) is 29.1. The van der Waals surface area contributed by atoms with Crippen molar-refractivity contribution in [1.29, 1.82) is 0 Å². The average Bonchev–Trinajstić information content (AvgIpc) is 2.91. The van der Waals surface area contributed by atoms with Gasteiger partial charge in [-0.25, -0.2) is 9.59 Å². The molecule has 4 N–H and O–H groups in total. The van der Waals surface area contributed by atoms with E-state index in [4.69, 9.17) is 20.4 Å². The van der Waals surface area contributed by atoms with Gasteiger partial charge in [0.1, 0.15) is 0 Å². The summed E-state index contributed by atoms with van der Waals surface area (Å²) in [6.45, 7) is 4.46. The number of carboxylic acids is 4. The molecule has 8 nitrogen and oxygen atoms in total. The van der Waals surface area contributed by atoms with Crippen LogP contribution in [0.25, 0.3) is 0 Å². The van der Waals surface area contributed by atoms with E-state index in [0.717, 1.165) is 25.7 Å². The van der Waals surface area contributed by atoms with Gasteiger partial charge in [-0.2, -0.15) is 0 Å². The first-order valence-electron chi connectivity index (χ1n) is 15.2. The number of aliphatic carboxylic acids is 2. The van der Waals surface area contributed by atoms with Crippen LogP contribution in [-0.2, 0) is 9.59 Å². The number of carboxylic acid groups (broad SMARTS) is 4. The first kappa shape index (κ1) is 39.2. The minimum Gasteiger partial charge on any atom is -0.481 e. The van der Waals surface area contributed by atoms with Crippen LogP contribution in [0.5, 0.6) is 0 Å². The maximum atomic E-state index is 10.5. The first-order valence-corrected chi connectivity index (χ1v) is 15.2. The third kappa shape index (κ3) is 28.1. The highest BCUT2D eigenvalue weighted by molar-refractivity contribution is 6.01. The molecule has 0 heterocycles. The number of carbonyl (C=O) groups is 4. The van der Waals surface area contributed by atoms with Gasteiger partial charge in [0.2, 0.25) is 0 Å². The van der Waals surface area contributed by atoms with Crippen molar-refractivity contribution in [2.75, 3.05) is 0 Å². The molecule has 0 fully saturated rings. The third-order valence-electron chi connectivity index (χ3n) is 6.38. The quantitative estimate of drug-likeness (QED) is 0.101.